The lowest BCUT2D eigenvalue weighted by Crippen LogP contribution is -2.11. The predicted octanol–water partition coefficient (Wildman–Crippen LogP) is 2.34. The number of aliphatic hydroxyl groups excluding tert-OH is 1. The highest BCUT2D eigenvalue weighted by Gasteiger charge is 2.21. The molecule has 0 radical (unpaired) electrons. The van der Waals surface area contributed by atoms with Crippen molar-refractivity contribution in [2.24, 2.45) is 0 Å². The van der Waals surface area contributed by atoms with Gasteiger partial charge in [0.2, 0.25) is 0 Å². The lowest BCUT2D eigenvalue weighted by atomic mass is 10.1. The normalized spacial score (nSPS) is 11.2. The Morgan fingerprint density at radius 2 is 1.89 bits per heavy atom. The summed E-state index contributed by atoms with van der Waals surface area (Å²) in [6, 6.07) is 15.0. The quantitative estimate of drug-likeness (QED) is 0.517. The van der Waals surface area contributed by atoms with E-state index in [2.05, 4.69) is 15.1 Å². The van der Waals surface area contributed by atoms with Gasteiger partial charge in [0.25, 0.3) is 5.56 Å². The van der Waals surface area contributed by atoms with Crippen molar-refractivity contribution in [2.75, 3.05) is 12.3 Å². The van der Waals surface area contributed by atoms with Gasteiger partial charge in [-0.3, -0.25) is 4.79 Å². The van der Waals surface area contributed by atoms with E-state index in [1.165, 1.54) is 4.68 Å². The number of nitrogens with zero attached hydrogens (tertiary/aromatic N) is 3. The van der Waals surface area contributed by atoms with E-state index in [-0.39, 0.29) is 18.7 Å². The van der Waals surface area contributed by atoms with Crippen molar-refractivity contribution in [3.8, 4) is 22.6 Å². The number of aryl methyl sites for hydroxylation is 1. The fraction of sp³-hybridized carbons (Fsp3) is 0.150. The van der Waals surface area contributed by atoms with Gasteiger partial charge in [-0.25, -0.2) is 9.67 Å². The van der Waals surface area contributed by atoms with Gasteiger partial charge in [-0.05, 0) is 19.1 Å². The van der Waals surface area contributed by atoms with Gasteiger partial charge < -0.3 is 15.8 Å². The Morgan fingerprint density at radius 1 is 1.15 bits per heavy atom. The monoisotopic (exact) mass is 361 g/mol. The van der Waals surface area contributed by atoms with Gasteiger partial charge in [-0.2, -0.15) is 5.10 Å². The second-order valence-corrected chi connectivity index (χ2v) is 6.35. The number of anilines is 1. The van der Waals surface area contributed by atoms with Crippen LogP contribution in [0, 0.1) is 6.92 Å². The number of aliphatic hydroxyl groups is 1. The summed E-state index contributed by atoms with van der Waals surface area (Å²) in [5.74, 6) is 0.703. The summed E-state index contributed by atoms with van der Waals surface area (Å²) in [6.07, 6.45) is 0. The van der Waals surface area contributed by atoms with Gasteiger partial charge in [-0.15, -0.1) is 0 Å². The van der Waals surface area contributed by atoms with Crippen LogP contribution in [0.5, 0.6) is 0 Å². The third-order valence-electron chi connectivity index (χ3n) is 4.48. The number of H-pyrrole nitrogens is 1. The SMILES string of the molecule is Cc1ccc(-c2nn(CCO)c(N)c2-c2nc3ccccc3c(=O)[nH]2)cc1. The number of hydrogen-bond donors (Lipinski definition) is 3. The fourth-order valence-corrected chi connectivity index (χ4v) is 3.09. The van der Waals surface area contributed by atoms with E-state index in [9.17, 15) is 9.90 Å². The molecule has 0 bridgehead atoms. The topological polar surface area (TPSA) is 110 Å². The molecule has 0 saturated carbocycles. The van der Waals surface area contributed by atoms with Crippen LogP contribution in [0.1, 0.15) is 5.56 Å². The molecule has 2 aromatic carbocycles. The van der Waals surface area contributed by atoms with E-state index in [4.69, 9.17) is 5.73 Å². The maximum atomic E-state index is 12.5. The number of aromatic nitrogens is 4. The molecule has 0 aliphatic carbocycles. The second kappa shape index (κ2) is 6.69. The lowest BCUT2D eigenvalue weighted by molar-refractivity contribution is 0.270. The molecule has 0 aliphatic heterocycles. The summed E-state index contributed by atoms with van der Waals surface area (Å²) in [4.78, 5) is 19.9. The fourth-order valence-electron chi connectivity index (χ4n) is 3.09. The summed E-state index contributed by atoms with van der Waals surface area (Å²) >= 11 is 0. The Labute approximate surface area is 155 Å². The number of nitrogens with one attached hydrogen (secondary N) is 1. The first kappa shape index (κ1) is 17.0. The van der Waals surface area contributed by atoms with Crippen molar-refractivity contribution < 1.29 is 5.11 Å². The average molecular weight is 361 g/mol. The zero-order chi connectivity index (χ0) is 19.0. The van der Waals surface area contributed by atoms with Crippen molar-refractivity contribution in [2.45, 2.75) is 13.5 Å². The van der Waals surface area contributed by atoms with Gasteiger partial charge in [0.15, 0.2) is 0 Å². The summed E-state index contributed by atoms with van der Waals surface area (Å²) < 4.78 is 1.53. The Hall–Kier alpha value is -3.45. The molecule has 7 heteroatoms. The summed E-state index contributed by atoms with van der Waals surface area (Å²) in [5, 5.41) is 14.4. The molecule has 0 fully saturated rings. The molecule has 2 heterocycles. The van der Waals surface area contributed by atoms with E-state index in [1.807, 2.05) is 37.3 Å². The van der Waals surface area contributed by atoms with Gasteiger partial charge >= 0.3 is 0 Å². The minimum Gasteiger partial charge on any atom is -0.394 e. The molecule has 0 atom stereocenters. The van der Waals surface area contributed by atoms with E-state index >= 15 is 0 Å². The number of benzene rings is 2. The Kier molecular flexibility index (Phi) is 4.21. The van der Waals surface area contributed by atoms with Crippen molar-refractivity contribution in [3.63, 3.8) is 0 Å². The highest BCUT2D eigenvalue weighted by atomic mass is 16.3. The summed E-state index contributed by atoms with van der Waals surface area (Å²) in [6.45, 7) is 2.16. The predicted molar refractivity (Wildman–Crippen MR) is 105 cm³/mol. The molecular formula is C20H19N5O2. The van der Waals surface area contributed by atoms with Crippen LogP contribution in [-0.2, 0) is 6.54 Å². The van der Waals surface area contributed by atoms with E-state index in [0.717, 1.165) is 11.1 Å². The third-order valence-corrected chi connectivity index (χ3v) is 4.48. The number of nitrogen functional groups attached to an aromatic ring is 1. The van der Waals surface area contributed by atoms with E-state index in [0.29, 0.717) is 33.8 Å². The molecule has 4 N–H and O–H groups in total. The van der Waals surface area contributed by atoms with Crippen LogP contribution in [0.2, 0.25) is 0 Å². The van der Waals surface area contributed by atoms with Crippen molar-refractivity contribution in [3.05, 3.63) is 64.4 Å². The average Bonchev–Trinajstić information content (AvgIpc) is 2.99. The van der Waals surface area contributed by atoms with Crippen LogP contribution >= 0.6 is 0 Å². The molecule has 0 spiro atoms. The highest BCUT2D eigenvalue weighted by Crippen LogP contribution is 2.34. The molecular weight excluding hydrogens is 342 g/mol. The Morgan fingerprint density at radius 3 is 2.63 bits per heavy atom. The van der Waals surface area contributed by atoms with Crippen LogP contribution in [0.15, 0.2) is 53.3 Å². The molecule has 2 aromatic heterocycles. The molecule has 0 amide bonds. The number of para-hydroxylation sites is 1. The minimum absolute atomic E-state index is 0.0969. The third kappa shape index (κ3) is 2.98. The smallest absolute Gasteiger partial charge is 0.259 e. The minimum atomic E-state index is -0.236. The largest absolute Gasteiger partial charge is 0.394 e. The van der Waals surface area contributed by atoms with E-state index < -0.39 is 0 Å². The highest BCUT2D eigenvalue weighted by molar-refractivity contribution is 5.87. The maximum absolute atomic E-state index is 12.5. The number of rotatable bonds is 4. The van der Waals surface area contributed by atoms with Crippen molar-refractivity contribution >= 4 is 16.7 Å². The Bertz CT molecular complexity index is 1180. The lowest BCUT2D eigenvalue weighted by Gasteiger charge is -2.06. The second-order valence-electron chi connectivity index (χ2n) is 6.35. The number of nitrogens with two attached hydrogens (primary N) is 1. The molecule has 0 unspecified atom stereocenters. The molecule has 0 saturated heterocycles. The zero-order valence-electron chi connectivity index (χ0n) is 14.8. The first-order chi connectivity index (χ1) is 13.1. The van der Waals surface area contributed by atoms with Gasteiger partial charge in [0.1, 0.15) is 17.3 Å². The molecule has 7 nitrogen and oxygen atoms in total. The van der Waals surface area contributed by atoms with Crippen LogP contribution in [0.3, 0.4) is 0 Å². The van der Waals surface area contributed by atoms with Gasteiger partial charge in [0, 0.05) is 5.56 Å². The van der Waals surface area contributed by atoms with Crippen molar-refractivity contribution in [1.82, 2.24) is 19.7 Å². The van der Waals surface area contributed by atoms with Gasteiger partial charge in [-0.1, -0.05) is 42.0 Å². The number of aromatic amines is 1. The maximum Gasteiger partial charge on any atom is 0.259 e. The van der Waals surface area contributed by atoms with Gasteiger partial charge in [0.05, 0.1) is 29.6 Å². The Balaban J connectivity index is 1.99. The molecule has 0 aliphatic rings. The van der Waals surface area contributed by atoms with Crippen LogP contribution in [0.25, 0.3) is 33.5 Å². The summed E-state index contributed by atoms with van der Waals surface area (Å²) in [5.41, 5.74) is 9.80. The molecule has 136 valence electrons. The molecule has 27 heavy (non-hydrogen) atoms. The summed E-state index contributed by atoms with van der Waals surface area (Å²) in [7, 11) is 0. The molecule has 4 rings (SSSR count). The van der Waals surface area contributed by atoms with Crippen molar-refractivity contribution in [1.29, 1.82) is 0 Å². The number of fused-ring (bicyclic) bond motifs is 1. The number of hydrogen-bond acceptors (Lipinski definition) is 5. The molecule has 4 aromatic rings. The van der Waals surface area contributed by atoms with Crippen LogP contribution in [0.4, 0.5) is 5.82 Å². The first-order valence-corrected chi connectivity index (χ1v) is 8.62. The van der Waals surface area contributed by atoms with E-state index in [1.54, 1.807) is 18.2 Å². The zero-order valence-corrected chi connectivity index (χ0v) is 14.8. The van der Waals surface area contributed by atoms with Crippen LogP contribution in [-0.4, -0.2) is 31.5 Å². The van der Waals surface area contributed by atoms with Crippen LogP contribution < -0.4 is 11.3 Å². The first-order valence-electron chi connectivity index (χ1n) is 8.62. The standard InChI is InChI=1S/C20H19N5O2/c1-12-6-8-13(9-7-12)17-16(18(21)25(24-17)10-11-26)19-22-15-5-3-2-4-14(15)20(27)23-19/h2-9,26H,10-11,21H2,1H3,(H,22,23,27).